The SMILES string of the molecule is CC(C)COC(=O)N1CCC(NCC2CC2)CC1. The molecule has 1 saturated heterocycles. The van der Waals surface area contributed by atoms with Crippen LogP contribution in [0.3, 0.4) is 0 Å². The van der Waals surface area contributed by atoms with Gasteiger partial charge in [-0.2, -0.15) is 0 Å². The fourth-order valence-corrected chi connectivity index (χ4v) is 2.25. The highest BCUT2D eigenvalue weighted by atomic mass is 16.6. The van der Waals surface area contributed by atoms with Crippen LogP contribution in [0, 0.1) is 11.8 Å². The predicted octanol–water partition coefficient (Wildman–Crippen LogP) is 2.24. The zero-order valence-electron chi connectivity index (χ0n) is 11.7. The van der Waals surface area contributed by atoms with Crippen molar-refractivity contribution in [3.05, 3.63) is 0 Å². The number of carbonyl (C=O) groups is 1. The van der Waals surface area contributed by atoms with Crippen LogP contribution in [0.1, 0.15) is 39.5 Å². The molecule has 0 aromatic heterocycles. The number of ether oxygens (including phenoxy) is 1. The fraction of sp³-hybridized carbons (Fsp3) is 0.929. The maximum atomic E-state index is 11.8. The lowest BCUT2D eigenvalue weighted by atomic mass is 10.1. The van der Waals surface area contributed by atoms with Crippen LogP contribution < -0.4 is 5.32 Å². The molecule has 4 nitrogen and oxygen atoms in total. The molecule has 1 saturated carbocycles. The minimum Gasteiger partial charge on any atom is -0.449 e. The van der Waals surface area contributed by atoms with Crippen molar-refractivity contribution in [2.75, 3.05) is 26.2 Å². The molecule has 0 atom stereocenters. The molecule has 1 amide bonds. The van der Waals surface area contributed by atoms with Gasteiger partial charge >= 0.3 is 6.09 Å². The van der Waals surface area contributed by atoms with Gasteiger partial charge in [0.2, 0.25) is 0 Å². The summed E-state index contributed by atoms with van der Waals surface area (Å²) in [5, 5.41) is 3.61. The number of rotatable bonds is 5. The van der Waals surface area contributed by atoms with Crippen LogP contribution in [-0.2, 0) is 4.74 Å². The van der Waals surface area contributed by atoms with Gasteiger partial charge in [0, 0.05) is 19.1 Å². The Morgan fingerprint density at radius 3 is 2.50 bits per heavy atom. The summed E-state index contributed by atoms with van der Waals surface area (Å²) in [5.74, 6) is 1.34. The Morgan fingerprint density at radius 1 is 1.28 bits per heavy atom. The first-order chi connectivity index (χ1) is 8.65. The maximum Gasteiger partial charge on any atom is 0.409 e. The molecule has 18 heavy (non-hydrogen) atoms. The lowest BCUT2D eigenvalue weighted by Crippen LogP contribution is -2.45. The first-order valence-electron chi connectivity index (χ1n) is 7.30. The largest absolute Gasteiger partial charge is 0.449 e. The molecule has 0 unspecified atom stereocenters. The highest BCUT2D eigenvalue weighted by Crippen LogP contribution is 2.28. The molecule has 2 rings (SSSR count). The third-order valence-corrected chi connectivity index (χ3v) is 3.69. The lowest BCUT2D eigenvalue weighted by molar-refractivity contribution is 0.0818. The quantitative estimate of drug-likeness (QED) is 0.818. The smallest absolute Gasteiger partial charge is 0.409 e. The van der Waals surface area contributed by atoms with Gasteiger partial charge in [0.05, 0.1) is 6.61 Å². The molecule has 104 valence electrons. The summed E-state index contributed by atoms with van der Waals surface area (Å²) >= 11 is 0. The van der Waals surface area contributed by atoms with E-state index in [1.54, 1.807) is 0 Å². The zero-order valence-corrected chi connectivity index (χ0v) is 11.7. The van der Waals surface area contributed by atoms with Gasteiger partial charge in [0.15, 0.2) is 0 Å². The van der Waals surface area contributed by atoms with Crippen LogP contribution in [-0.4, -0.2) is 43.3 Å². The third kappa shape index (κ3) is 4.48. The summed E-state index contributed by atoms with van der Waals surface area (Å²) in [5.41, 5.74) is 0. The normalized spacial score (nSPS) is 21.4. The molecule has 4 heteroatoms. The van der Waals surface area contributed by atoms with E-state index in [9.17, 15) is 4.79 Å². The van der Waals surface area contributed by atoms with E-state index in [0.29, 0.717) is 18.6 Å². The van der Waals surface area contributed by atoms with Crippen molar-refractivity contribution in [3.63, 3.8) is 0 Å². The highest BCUT2D eigenvalue weighted by Gasteiger charge is 2.26. The van der Waals surface area contributed by atoms with E-state index in [1.807, 2.05) is 4.90 Å². The average Bonchev–Trinajstić information content (AvgIpc) is 3.18. The number of carbonyl (C=O) groups excluding carboxylic acids is 1. The Bertz CT molecular complexity index is 269. The van der Waals surface area contributed by atoms with Gasteiger partial charge in [0.25, 0.3) is 0 Å². The van der Waals surface area contributed by atoms with E-state index in [2.05, 4.69) is 19.2 Å². The summed E-state index contributed by atoms with van der Waals surface area (Å²) in [6, 6.07) is 0.597. The first-order valence-corrected chi connectivity index (χ1v) is 7.30. The van der Waals surface area contributed by atoms with Crippen molar-refractivity contribution in [2.24, 2.45) is 11.8 Å². The average molecular weight is 254 g/mol. The predicted molar refractivity (Wildman–Crippen MR) is 71.5 cm³/mol. The van der Waals surface area contributed by atoms with Crippen LogP contribution >= 0.6 is 0 Å². The standard InChI is InChI=1S/C14H26N2O2/c1-11(2)10-18-14(17)16-7-5-13(6-8-16)15-9-12-3-4-12/h11-13,15H,3-10H2,1-2H3. The summed E-state index contributed by atoms with van der Waals surface area (Å²) in [7, 11) is 0. The van der Waals surface area contributed by atoms with E-state index in [1.165, 1.54) is 19.4 Å². The fourth-order valence-electron chi connectivity index (χ4n) is 2.25. The number of amides is 1. The van der Waals surface area contributed by atoms with Gasteiger partial charge in [-0.05, 0) is 44.1 Å². The Balaban J connectivity index is 1.60. The molecule has 0 aromatic carbocycles. The van der Waals surface area contributed by atoms with Gasteiger partial charge in [-0.25, -0.2) is 4.79 Å². The second-order valence-corrected chi connectivity index (χ2v) is 6.08. The Labute approximate surface area is 110 Å². The van der Waals surface area contributed by atoms with Crippen LogP contribution in [0.25, 0.3) is 0 Å². The molecule has 0 bridgehead atoms. The van der Waals surface area contributed by atoms with Crippen LogP contribution in [0.5, 0.6) is 0 Å². The van der Waals surface area contributed by atoms with Gasteiger partial charge in [-0.3, -0.25) is 0 Å². The van der Waals surface area contributed by atoms with Gasteiger partial charge in [0.1, 0.15) is 0 Å². The Hall–Kier alpha value is -0.770. The van der Waals surface area contributed by atoms with Crippen molar-refractivity contribution >= 4 is 6.09 Å². The first kappa shape index (κ1) is 13.7. The summed E-state index contributed by atoms with van der Waals surface area (Å²) in [6.07, 6.45) is 4.78. The van der Waals surface area contributed by atoms with Gasteiger partial charge in [-0.1, -0.05) is 13.8 Å². The zero-order chi connectivity index (χ0) is 13.0. The van der Waals surface area contributed by atoms with Crippen molar-refractivity contribution in [1.29, 1.82) is 0 Å². The topological polar surface area (TPSA) is 41.6 Å². The third-order valence-electron chi connectivity index (χ3n) is 3.69. The van der Waals surface area contributed by atoms with E-state index in [4.69, 9.17) is 4.74 Å². The van der Waals surface area contributed by atoms with Gasteiger partial charge < -0.3 is 15.0 Å². The van der Waals surface area contributed by atoms with Crippen LogP contribution in [0.4, 0.5) is 4.79 Å². The lowest BCUT2D eigenvalue weighted by Gasteiger charge is -2.32. The molecule has 1 aliphatic carbocycles. The van der Waals surface area contributed by atoms with Crippen molar-refractivity contribution in [2.45, 2.75) is 45.6 Å². The number of piperidine rings is 1. The number of nitrogens with zero attached hydrogens (tertiary/aromatic N) is 1. The Kier molecular flexibility index (Phi) is 4.87. The van der Waals surface area contributed by atoms with Crippen molar-refractivity contribution in [1.82, 2.24) is 10.2 Å². The summed E-state index contributed by atoms with van der Waals surface area (Å²) in [4.78, 5) is 13.6. The number of likely N-dealkylation sites (tertiary alicyclic amines) is 1. The maximum absolute atomic E-state index is 11.8. The van der Waals surface area contributed by atoms with Crippen LogP contribution in [0.2, 0.25) is 0 Å². The molecule has 1 aliphatic heterocycles. The van der Waals surface area contributed by atoms with E-state index in [0.717, 1.165) is 31.8 Å². The van der Waals surface area contributed by atoms with Crippen molar-refractivity contribution in [3.8, 4) is 0 Å². The minimum atomic E-state index is -0.135. The summed E-state index contributed by atoms with van der Waals surface area (Å²) in [6.45, 7) is 7.47. The molecule has 1 heterocycles. The number of hydrogen-bond acceptors (Lipinski definition) is 3. The minimum absolute atomic E-state index is 0.135. The van der Waals surface area contributed by atoms with Gasteiger partial charge in [-0.15, -0.1) is 0 Å². The number of nitrogens with one attached hydrogen (secondary N) is 1. The molecular formula is C14H26N2O2. The molecule has 1 N–H and O–H groups in total. The second-order valence-electron chi connectivity index (χ2n) is 6.08. The monoisotopic (exact) mass is 254 g/mol. The van der Waals surface area contributed by atoms with Crippen molar-refractivity contribution < 1.29 is 9.53 Å². The molecule has 0 spiro atoms. The molecule has 0 radical (unpaired) electrons. The molecular weight excluding hydrogens is 228 g/mol. The van der Waals surface area contributed by atoms with Crippen LogP contribution in [0.15, 0.2) is 0 Å². The number of hydrogen-bond donors (Lipinski definition) is 1. The summed E-state index contributed by atoms with van der Waals surface area (Å²) < 4.78 is 5.25. The molecule has 2 aliphatic rings. The van der Waals surface area contributed by atoms with E-state index < -0.39 is 0 Å². The Morgan fingerprint density at radius 2 is 1.94 bits per heavy atom. The highest BCUT2D eigenvalue weighted by molar-refractivity contribution is 5.67. The van der Waals surface area contributed by atoms with E-state index >= 15 is 0 Å². The second kappa shape index (κ2) is 6.41. The molecule has 2 fully saturated rings. The molecule has 0 aromatic rings. The van der Waals surface area contributed by atoms with E-state index in [-0.39, 0.29) is 6.09 Å².